The molecule has 0 saturated heterocycles. The minimum atomic E-state index is 0.189. The third kappa shape index (κ3) is 2.90. The summed E-state index contributed by atoms with van der Waals surface area (Å²) in [4.78, 5) is 3.99. The van der Waals surface area contributed by atoms with E-state index in [9.17, 15) is 0 Å². The van der Waals surface area contributed by atoms with Gasteiger partial charge in [-0.1, -0.05) is 23.9 Å². The Labute approximate surface area is 83.3 Å². The van der Waals surface area contributed by atoms with Crippen molar-refractivity contribution in [1.29, 1.82) is 0 Å². The van der Waals surface area contributed by atoms with Gasteiger partial charge in [-0.3, -0.25) is 0 Å². The van der Waals surface area contributed by atoms with Gasteiger partial charge in [-0.2, -0.15) is 0 Å². The molecule has 0 atom stereocenters. The van der Waals surface area contributed by atoms with Crippen molar-refractivity contribution in [3.8, 4) is 5.75 Å². The molecule has 1 aromatic heterocycles. The Balaban J connectivity index is 2.78. The number of pyridine rings is 1. The van der Waals surface area contributed by atoms with Crippen molar-refractivity contribution in [3.05, 3.63) is 17.4 Å². The highest BCUT2D eigenvalue weighted by molar-refractivity contribution is 6.52. The predicted molar refractivity (Wildman–Crippen MR) is 54.4 cm³/mol. The highest BCUT2D eigenvalue weighted by Gasteiger charge is 2.03. The standard InChI is InChI=1S/C8H11BClNO2/c1-9-6-3-7(13-5-12-2)8(10)11-4-6/h3-4,9H,5H2,1-2H3. The first-order chi connectivity index (χ1) is 6.27. The summed E-state index contributed by atoms with van der Waals surface area (Å²) in [6.07, 6.45) is 1.74. The van der Waals surface area contributed by atoms with Crippen molar-refractivity contribution in [3.63, 3.8) is 0 Å². The van der Waals surface area contributed by atoms with Crippen molar-refractivity contribution < 1.29 is 9.47 Å². The first kappa shape index (κ1) is 10.3. The van der Waals surface area contributed by atoms with Crippen LogP contribution in [0.1, 0.15) is 0 Å². The van der Waals surface area contributed by atoms with Crippen LogP contribution in [0.3, 0.4) is 0 Å². The van der Waals surface area contributed by atoms with Crippen molar-refractivity contribution in [2.45, 2.75) is 6.82 Å². The summed E-state index contributed by atoms with van der Waals surface area (Å²) in [7, 11) is 2.47. The highest BCUT2D eigenvalue weighted by atomic mass is 35.5. The molecule has 0 aliphatic carbocycles. The van der Waals surface area contributed by atoms with Gasteiger partial charge in [-0.15, -0.1) is 0 Å². The lowest BCUT2D eigenvalue weighted by Gasteiger charge is -2.06. The average Bonchev–Trinajstić information content (AvgIpc) is 2.17. The summed E-state index contributed by atoms with van der Waals surface area (Å²) in [6, 6.07) is 1.87. The van der Waals surface area contributed by atoms with Gasteiger partial charge in [0.1, 0.15) is 0 Å². The molecular weight excluding hydrogens is 188 g/mol. The topological polar surface area (TPSA) is 31.4 Å². The maximum Gasteiger partial charge on any atom is 0.188 e. The number of nitrogens with zero attached hydrogens (tertiary/aromatic N) is 1. The Bertz CT molecular complexity index is 283. The Kier molecular flexibility index (Phi) is 4.05. The molecule has 1 heterocycles. The number of hydrogen-bond donors (Lipinski definition) is 0. The summed E-state index contributed by atoms with van der Waals surface area (Å²) in [6.45, 7) is 2.24. The monoisotopic (exact) mass is 199 g/mol. The summed E-state index contributed by atoms with van der Waals surface area (Å²) >= 11 is 5.80. The van der Waals surface area contributed by atoms with Crippen molar-refractivity contribution >= 4 is 24.3 Å². The van der Waals surface area contributed by atoms with Gasteiger partial charge in [0.05, 0.1) is 0 Å². The Hall–Kier alpha value is -0.735. The van der Waals surface area contributed by atoms with Gasteiger partial charge in [0.25, 0.3) is 0 Å². The molecule has 0 unspecified atom stereocenters. The van der Waals surface area contributed by atoms with Crippen LogP contribution >= 0.6 is 11.6 Å². The van der Waals surface area contributed by atoms with Gasteiger partial charge >= 0.3 is 0 Å². The lowest BCUT2D eigenvalue weighted by atomic mass is 9.74. The second-order valence-electron chi connectivity index (χ2n) is 2.54. The zero-order chi connectivity index (χ0) is 9.68. The minimum Gasteiger partial charge on any atom is -0.464 e. The van der Waals surface area contributed by atoms with Crippen molar-refractivity contribution in [2.24, 2.45) is 0 Å². The fraction of sp³-hybridized carbons (Fsp3) is 0.375. The molecule has 3 nitrogen and oxygen atoms in total. The Morgan fingerprint density at radius 3 is 3.00 bits per heavy atom. The van der Waals surface area contributed by atoms with Crippen LogP contribution in [0, 0.1) is 0 Å². The molecule has 0 aromatic carbocycles. The smallest absolute Gasteiger partial charge is 0.188 e. The predicted octanol–water partition coefficient (Wildman–Crippen LogP) is 0.828. The fourth-order valence-corrected chi connectivity index (χ4v) is 1.04. The second-order valence-corrected chi connectivity index (χ2v) is 2.89. The van der Waals surface area contributed by atoms with Gasteiger partial charge in [0.15, 0.2) is 25.0 Å². The van der Waals surface area contributed by atoms with Crippen molar-refractivity contribution in [2.75, 3.05) is 13.9 Å². The minimum absolute atomic E-state index is 0.189. The molecule has 1 aromatic rings. The van der Waals surface area contributed by atoms with Crippen LogP contribution < -0.4 is 10.2 Å². The van der Waals surface area contributed by atoms with E-state index in [1.165, 1.54) is 0 Å². The molecule has 0 saturated carbocycles. The number of aromatic nitrogens is 1. The summed E-state index contributed by atoms with van der Waals surface area (Å²) in [5.41, 5.74) is 1.09. The summed E-state index contributed by atoms with van der Waals surface area (Å²) in [5, 5.41) is 0.370. The van der Waals surface area contributed by atoms with Gasteiger partial charge in [0, 0.05) is 13.3 Å². The molecule has 13 heavy (non-hydrogen) atoms. The average molecular weight is 199 g/mol. The maximum atomic E-state index is 5.80. The van der Waals surface area contributed by atoms with E-state index in [-0.39, 0.29) is 6.79 Å². The molecule has 0 aliphatic heterocycles. The molecule has 0 amide bonds. The molecule has 0 aliphatic rings. The van der Waals surface area contributed by atoms with Crippen LogP contribution in [0.15, 0.2) is 12.3 Å². The number of methoxy groups -OCH3 is 1. The van der Waals surface area contributed by atoms with E-state index in [1.807, 2.05) is 12.9 Å². The van der Waals surface area contributed by atoms with Crippen molar-refractivity contribution in [1.82, 2.24) is 4.98 Å². The van der Waals surface area contributed by atoms with E-state index in [1.54, 1.807) is 13.3 Å². The van der Waals surface area contributed by atoms with E-state index in [4.69, 9.17) is 21.1 Å². The van der Waals surface area contributed by atoms with Crippen LogP contribution in [0.2, 0.25) is 12.0 Å². The van der Waals surface area contributed by atoms with Gasteiger partial charge in [-0.05, 0) is 6.07 Å². The van der Waals surface area contributed by atoms with E-state index in [0.717, 1.165) is 12.7 Å². The molecule has 0 spiro atoms. The number of halogens is 1. The molecule has 0 N–H and O–H groups in total. The zero-order valence-electron chi connectivity index (χ0n) is 7.71. The molecule has 0 fully saturated rings. The first-order valence-corrected chi connectivity index (χ1v) is 4.42. The molecule has 70 valence electrons. The van der Waals surface area contributed by atoms with Crippen LogP contribution in [0.5, 0.6) is 5.75 Å². The summed E-state index contributed by atoms with van der Waals surface area (Å²) < 4.78 is 9.98. The molecular formula is C8H11BClNO2. The number of ether oxygens (including phenoxy) is 2. The Morgan fingerprint density at radius 1 is 1.62 bits per heavy atom. The van der Waals surface area contributed by atoms with Crippen LogP contribution in [-0.2, 0) is 4.74 Å². The van der Waals surface area contributed by atoms with E-state index in [0.29, 0.717) is 10.9 Å². The largest absolute Gasteiger partial charge is 0.464 e. The summed E-state index contributed by atoms with van der Waals surface area (Å²) in [5.74, 6) is 0.572. The molecule has 0 radical (unpaired) electrons. The van der Waals surface area contributed by atoms with Gasteiger partial charge in [-0.25, -0.2) is 4.98 Å². The lowest BCUT2D eigenvalue weighted by Crippen LogP contribution is -2.12. The SMILES string of the molecule is CBc1cnc(Cl)c(OCOC)c1. The number of hydrogen-bond acceptors (Lipinski definition) is 3. The normalized spacial score (nSPS) is 9.77. The Morgan fingerprint density at radius 2 is 2.38 bits per heavy atom. The quantitative estimate of drug-likeness (QED) is 0.409. The van der Waals surface area contributed by atoms with E-state index < -0.39 is 0 Å². The molecule has 0 bridgehead atoms. The van der Waals surface area contributed by atoms with Crippen LogP contribution in [-0.4, -0.2) is 26.2 Å². The molecule has 5 heteroatoms. The highest BCUT2D eigenvalue weighted by Crippen LogP contribution is 2.19. The van der Waals surface area contributed by atoms with Crippen LogP contribution in [0.4, 0.5) is 0 Å². The first-order valence-electron chi connectivity index (χ1n) is 4.04. The number of rotatable bonds is 4. The van der Waals surface area contributed by atoms with Crippen LogP contribution in [0.25, 0.3) is 0 Å². The maximum absolute atomic E-state index is 5.80. The lowest BCUT2D eigenvalue weighted by molar-refractivity contribution is 0.0510. The third-order valence-electron chi connectivity index (χ3n) is 1.60. The van der Waals surface area contributed by atoms with Gasteiger partial charge < -0.3 is 9.47 Å². The van der Waals surface area contributed by atoms with E-state index >= 15 is 0 Å². The fourth-order valence-electron chi connectivity index (χ4n) is 0.885. The van der Waals surface area contributed by atoms with E-state index in [2.05, 4.69) is 4.98 Å². The molecule has 1 rings (SSSR count). The second kappa shape index (κ2) is 5.09. The third-order valence-corrected chi connectivity index (χ3v) is 1.89. The zero-order valence-corrected chi connectivity index (χ0v) is 8.47. The van der Waals surface area contributed by atoms with Gasteiger partial charge in [0.2, 0.25) is 0 Å².